The summed E-state index contributed by atoms with van der Waals surface area (Å²) in [6.45, 7) is 2.02. The maximum atomic E-state index is 12.1. The molecule has 1 heterocycles. The van der Waals surface area contributed by atoms with E-state index in [1.807, 2.05) is 37.3 Å². The van der Waals surface area contributed by atoms with Crippen LogP contribution >= 0.6 is 15.9 Å². The molecule has 0 aliphatic rings. The van der Waals surface area contributed by atoms with Crippen molar-refractivity contribution in [3.63, 3.8) is 0 Å². The van der Waals surface area contributed by atoms with Crippen LogP contribution in [-0.4, -0.2) is 27.1 Å². The smallest absolute Gasteiger partial charge is 0.254 e. The fourth-order valence-electron chi connectivity index (χ4n) is 1.92. The third kappa shape index (κ3) is 3.93. The molecular formula is C15H18BrN3O. The highest BCUT2D eigenvalue weighted by molar-refractivity contribution is 9.09. The summed E-state index contributed by atoms with van der Waals surface area (Å²) in [5.74, 6) is -0.0748. The third-order valence-electron chi connectivity index (χ3n) is 3.01. The van der Waals surface area contributed by atoms with Gasteiger partial charge in [-0.25, -0.2) is 4.68 Å². The summed E-state index contributed by atoms with van der Waals surface area (Å²) < 4.78 is 1.71. The summed E-state index contributed by atoms with van der Waals surface area (Å²) in [4.78, 5) is 12.1. The highest BCUT2D eigenvalue weighted by Crippen LogP contribution is 2.08. The molecule has 1 N–H and O–H groups in total. The molecule has 0 saturated heterocycles. The van der Waals surface area contributed by atoms with Gasteiger partial charge in [0.25, 0.3) is 5.91 Å². The first kappa shape index (κ1) is 14.8. The van der Waals surface area contributed by atoms with Crippen molar-refractivity contribution in [3.8, 4) is 5.69 Å². The fraction of sp³-hybridized carbons (Fsp3) is 0.333. The minimum atomic E-state index is -0.0748. The van der Waals surface area contributed by atoms with E-state index in [9.17, 15) is 4.79 Å². The number of nitrogens with one attached hydrogen (secondary N) is 1. The highest BCUT2D eigenvalue weighted by atomic mass is 79.9. The van der Waals surface area contributed by atoms with Gasteiger partial charge >= 0.3 is 0 Å². The van der Waals surface area contributed by atoms with Gasteiger partial charge in [0.1, 0.15) is 0 Å². The number of halogens is 1. The van der Waals surface area contributed by atoms with Crippen LogP contribution in [0.1, 0.15) is 30.1 Å². The summed E-state index contributed by atoms with van der Waals surface area (Å²) in [5.41, 5.74) is 1.53. The Hall–Kier alpha value is -1.62. The summed E-state index contributed by atoms with van der Waals surface area (Å²) in [6.07, 6.45) is 5.36. The molecule has 2 aromatic rings. The van der Waals surface area contributed by atoms with Crippen molar-refractivity contribution in [1.29, 1.82) is 0 Å². The third-order valence-corrected chi connectivity index (χ3v) is 3.57. The van der Waals surface area contributed by atoms with Gasteiger partial charge in [-0.3, -0.25) is 4.79 Å². The van der Waals surface area contributed by atoms with Gasteiger partial charge in [-0.15, -0.1) is 0 Å². The Morgan fingerprint density at radius 3 is 2.85 bits per heavy atom. The van der Waals surface area contributed by atoms with Gasteiger partial charge in [0, 0.05) is 17.6 Å². The molecule has 2 rings (SSSR count). The first-order chi connectivity index (χ1) is 9.70. The van der Waals surface area contributed by atoms with Crippen LogP contribution in [-0.2, 0) is 0 Å². The number of hydrogen-bond donors (Lipinski definition) is 1. The van der Waals surface area contributed by atoms with Gasteiger partial charge in [-0.05, 0) is 31.9 Å². The molecule has 1 aromatic carbocycles. The Balaban J connectivity index is 2.00. The number of nitrogens with zero attached hydrogens (tertiary/aromatic N) is 2. The normalized spacial score (nSPS) is 12.1. The maximum absolute atomic E-state index is 12.1. The van der Waals surface area contributed by atoms with Crippen molar-refractivity contribution in [2.24, 2.45) is 0 Å². The number of carbonyl (C=O) groups excluding carboxylic acids is 1. The Labute approximate surface area is 127 Å². The monoisotopic (exact) mass is 335 g/mol. The number of para-hydroxylation sites is 1. The number of alkyl halides is 1. The van der Waals surface area contributed by atoms with Crippen LogP contribution in [0.15, 0.2) is 42.7 Å². The molecule has 20 heavy (non-hydrogen) atoms. The largest absolute Gasteiger partial charge is 0.349 e. The van der Waals surface area contributed by atoms with Gasteiger partial charge in [-0.1, -0.05) is 34.1 Å². The van der Waals surface area contributed by atoms with Crippen LogP contribution in [0.5, 0.6) is 0 Å². The number of rotatable bonds is 6. The van der Waals surface area contributed by atoms with Crippen molar-refractivity contribution >= 4 is 21.8 Å². The Morgan fingerprint density at radius 2 is 2.15 bits per heavy atom. The lowest BCUT2D eigenvalue weighted by Crippen LogP contribution is -2.32. The molecule has 4 nitrogen and oxygen atoms in total. The second-order valence-corrected chi connectivity index (χ2v) is 5.51. The molecule has 1 aromatic heterocycles. The highest BCUT2D eigenvalue weighted by Gasteiger charge is 2.12. The van der Waals surface area contributed by atoms with E-state index in [-0.39, 0.29) is 11.9 Å². The van der Waals surface area contributed by atoms with Gasteiger partial charge in [0.15, 0.2) is 0 Å². The second kappa shape index (κ2) is 7.24. The van der Waals surface area contributed by atoms with Crippen molar-refractivity contribution in [2.75, 3.05) is 5.33 Å². The average molecular weight is 336 g/mol. The molecular weight excluding hydrogens is 318 g/mol. The molecule has 106 valence electrons. The quantitative estimate of drug-likeness (QED) is 0.824. The summed E-state index contributed by atoms with van der Waals surface area (Å²) in [7, 11) is 0. The van der Waals surface area contributed by atoms with E-state index < -0.39 is 0 Å². The number of hydrogen-bond acceptors (Lipinski definition) is 2. The van der Waals surface area contributed by atoms with Crippen LogP contribution in [0.3, 0.4) is 0 Å². The maximum Gasteiger partial charge on any atom is 0.254 e. The number of aromatic nitrogens is 2. The Bertz CT molecular complexity index is 553. The SMILES string of the molecule is CC(CCCBr)NC(=O)c1cnn(-c2ccccc2)c1. The zero-order valence-electron chi connectivity index (χ0n) is 11.4. The molecule has 0 spiro atoms. The van der Waals surface area contributed by atoms with E-state index in [2.05, 4.69) is 26.3 Å². The molecule has 0 fully saturated rings. The first-order valence-corrected chi connectivity index (χ1v) is 7.80. The van der Waals surface area contributed by atoms with E-state index >= 15 is 0 Å². The molecule has 0 saturated carbocycles. The molecule has 0 aliphatic heterocycles. The predicted molar refractivity (Wildman–Crippen MR) is 83.5 cm³/mol. The predicted octanol–water partition coefficient (Wildman–Crippen LogP) is 3.17. The number of amides is 1. The van der Waals surface area contributed by atoms with Crippen molar-refractivity contribution in [3.05, 3.63) is 48.3 Å². The summed E-state index contributed by atoms with van der Waals surface area (Å²) in [5, 5.41) is 8.17. The molecule has 0 bridgehead atoms. The van der Waals surface area contributed by atoms with Crippen LogP contribution in [0.4, 0.5) is 0 Å². The average Bonchev–Trinajstić information content (AvgIpc) is 2.96. The molecule has 5 heteroatoms. The van der Waals surface area contributed by atoms with Crippen LogP contribution in [0.25, 0.3) is 5.69 Å². The van der Waals surface area contributed by atoms with Gasteiger partial charge in [0.2, 0.25) is 0 Å². The lowest BCUT2D eigenvalue weighted by molar-refractivity contribution is 0.0938. The van der Waals surface area contributed by atoms with E-state index in [1.165, 1.54) is 0 Å². The molecule has 0 radical (unpaired) electrons. The van der Waals surface area contributed by atoms with Crippen molar-refractivity contribution in [1.82, 2.24) is 15.1 Å². The van der Waals surface area contributed by atoms with E-state index in [4.69, 9.17) is 0 Å². The fourth-order valence-corrected chi connectivity index (χ4v) is 2.25. The minimum Gasteiger partial charge on any atom is -0.349 e. The van der Waals surface area contributed by atoms with Gasteiger partial charge in [0.05, 0.1) is 17.4 Å². The zero-order valence-corrected chi connectivity index (χ0v) is 13.0. The molecule has 1 unspecified atom stereocenters. The van der Waals surface area contributed by atoms with Crippen LogP contribution in [0, 0.1) is 0 Å². The second-order valence-electron chi connectivity index (χ2n) is 4.71. The van der Waals surface area contributed by atoms with Gasteiger partial charge in [-0.2, -0.15) is 5.10 Å². The van der Waals surface area contributed by atoms with Crippen molar-refractivity contribution in [2.45, 2.75) is 25.8 Å². The Kier molecular flexibility index (Phi) is 5.35. The van der Waals surface area contributed by atoms with Crippen LogP contribution < -0.4 is 5.32 Å². The molecule has 1 atom stereocenters. The lowest BCUT2D eigenvalue weighted by Gasteiger charge is -2.11. The molecule has 0 aliphatic carbocycles. The lowest BCUT2D eigenvalue weighted by atomic mass is 10.2. The Morgan fingerprint density at radius 1 is 1.40 bits per heavy atom. The topological polar surface area (TPSA) is 46.9 Å². The zero-order chi connectivity index (χ0) is 14.4. The summed E-state index contributed by atoms with van der Waals surface area (Å²) in [6, 6.07) is 9.91. The van der Waals surface area contributed by atoms with E-state index in [0.29, 0.717) is 5.56 Å². The minimum absolute atomic E-state index is 0.0748. The van der Waals surface area contributed by atoms with E-state index in [1.54, 1.807) is 17.1 Å². The number of carbonyl (C=O) groups is 1. The van der Waals surface area contributed by atoms with Gasteiger partial charge < -0.3 is 5.32 Å². The summed E-state index contributed by atoms with van der Waals surface area (Å²) >= 11 is 3.39. The standard InChI is InChI=1S/C15H18BrN3O/c1-12(6-5-9-16)18-15(20)13-10-17-19(11-13)14-7-3-2-4-8-14/h2-4,7-8,10-12H,5-6,9H2,1H3,(H,18,20). The van der Waals surface area contributed by atoms with E-state index in [0.717, 1.165) is 23.9 Å². The van der Waals surface area contributed by atoms with Crippen molar-refractivity contribution < 1.29 is 4.79 Å². The first-order valence-electron chi connectivity index (χ1n) is 6.67. The molecule has 1 amide bonds. The van der Waals surface area contributed by atoms with Crippen LogP contribution in [0.2, 0.25) is 0 Å². The number of benzene rings is 1.